The fourth-order valence-electron chi connectivity index (χ4n) is 2.06. The van der Waals surface area contributed by atoms with Gasteiger partial charge in [0.2, 0.25) is 0 Å². The highest BCUT2D eigenvalue weighted by Crippen LogP contribution is 2.24. The van der Waals surface area contributed by atoms with Gasteiger partial charge in [-0.1, -0.05) is 13.0 Å². The smallest absolute Gasteiger partial charge is 0.339 e. The molecule has 0 aliphatic rings. The van der Waals surface area contributed by atoms with Gasteiger partial charge in [0.25, 0.3) is 0 Å². The number of aromatic carboxylic acids is 1. The molecule has 1 heterocycles. The molecule has 1 aromatic rings. The normalized spacial score (nSPS) is 10.2. The number of carboxylic acid groups (broad SMARTS) is 1. The van der Waals surface area contributed by atoms with Crippen LogP contribution in [0, 0.1) is 13.8 Å². The molecule has 1 N–H and O–H groups in total. The van der Waals surface area contributed by atoms with Gasteiger partial charge >= 0.3 is 5.97 Å². The predicted molar refractivity (Wildman–Crippen MR) is 73.4 cm³/mol. The Kier molecular flexibility index (Phi) is 4.89. The minimum absolute atomic E-state index is 0.288. The first-order chi connectivity index (χ1) is 8.51. The summed E-state index contributed by atoms with van der Waals surface area (Å²) >= 11 is 0. The monoisotopic (exact) mass is 248 g/mol. The van der Waals surface area contributed by atoms with Crippen molar-refractivity contribution in [2.75, 3.05) is 18.0 Å². The molecular weight excluding hydrogens is 228 g/mol. The first-order valence-electron chi connectivity index (χ1n) is 6.08. The van der Waals surface area contributed by atoms with Crippen molar-refractivity contribution >= 4 is 11.7 Å². The molecule has 0 unspecified atom stereocenters. The molecular formula is C14H20N2O2. The Morgan fingerprint density at radius 1 is 1.56 bits per heavy atom. The molecule has 0 radical (unpaired) electrons. The molecule has 0 aliphatic carbocycles. The summed E-state index contributed by atoms with van der Waals surface area (Å²) in [6, 6.07) is 1.83. The Morgan fingerprint density at radius 3 is 2.72 bits per heavy atom. The van der Waals surface area contributed by atoms with E-state index in [2.05, 4.69) is 18.5 Å². The second-order valence-electron chi connectivity index (χ2n) is 4.28. The molecule has 0 saturated heterocycles. The summed E-state index contributed by atoms with van der Waals surface area (Å²) in [6.07, 6.45) is 2.74. The summed E-state index contributed by atoms with van der Waals surface area (Å²) in [5.41, 5.74) is 2.41. The van der Waals surface area contributed by atoms with Crippen molar-refractivity contribution in [3.8, 4) is 0 Å². The van der Waals surface area contributed by atoms with Crippen LogP contribution in [-0.4, -0.2) is 29.1 Å². The summed E-state index contributed by atoms with van der Waals surface area (Å²) < 4.78 is 0. The molecule has 0 amide bonds. The zero-order valence-corrected chi connectivity index (χ0v) is 11.2. The van der Waals surface area contributed by atoms with Gasteiger partial charge in [-0.3, -0.25) is 4.98 Å². The zero-order chi connectivity index (χ0) is 13.7. The van der Waals surface area contributed by atoms with Crippen LogP contribution >= 0.6 is 0 Å². The maximum Gasteiger partial charge on any atom is 0.339 e. The van der Waals surface area contributed by atoms with Crippen LogP contribution < -0.4 is 4.90 Å². The first-order valence-corrected chi connectivity index (χ1v) is 6.08. The molecule has 0 aromatic carbocycles. The van der Waals surface area contributed by atoms with Crippen LogP contribution in [0.25, 0.3) is 0 Å². The average Bonchev–Trinajstić information content (AvgIpc) is 2.26. The number of rotatable bonds is 6. The van der Waals surface area contributed by atoms with Gasteiger partial charge in [-0.25, -0.2) is 4.79 Å². The standard InChI is InChI=1S/C14H20N2O2/c1-5-7-16(8-6-2)12-9-10(3)15-11(4)13(12)14(17)18/h5,9H,1,6-8H2,2-4H3,(H,17,18). The van der Waals surface area contributed by atoms with Crippen molar-refractivity contribution in [2.45, 2.75) is 27.2 Å². The molecule has 0 spiro atoms. The molecule has 0 fully saturated rings. The van der Waals surface area contributed by atoms with E-state index in [0.29, 0.717) is 12.2 Å². The fraction of sp³-hybridized carbons (Fsp3) is 0.429. The number of nitrogens with zero attached hydrogens (tertiary/aromatic N) is 2. The molecule has 0 aliphatic heterocycles. The highest BCUT2D eigenvalue weighted by Gasteiger charge is 2.19. The van der Waals surface area contributed by atoms with Gasteiger partial charge in [-0.2, -0.15) is 0 Å². The third kappa shape index (κ3) is 3.09. The van der Waals surface area contributed by atoms with Gasteiger partial charge in [0.05, 0.1) is 11.4 Å². The SMILES string of the molecule is C=CCN(CCC)c1cc(C)nc(C)c1C(=O)O. The minimum Gasteiger partial charge on any atom is -0.478 e. The molecule has 0 atom stereocenters. The third-order valence-electron chi connectivity index (χ3n) is 2.71. The van der Waals surface area contributed by atoms with Crippen LogP contribution in [-0.2, 0) is 0 Å². The maximum atomic E-state index is 11.4. The first kappa shape index (κ1) is 14.2. The Hall–Kier alpha value is -1.84. The number of carbonyl (C=O) groups is 1. The number of carboxylic acids is 1. The summed E-state index contributed by atoms with van der Waals surface area (Å²) in [5.74, 6) is -0.930. The van der Waals surface area contributed by atoms with Crippen molar-refractivity contribution in [1.82, 2.24) is 4.98 Å². The molecule has 4 nitrogen and oxygen atoms in total. The van der Waals surface area contributed by atoms with Gasteiger partial charge < -0.3 is 10.0 Å². The molecule has 18 heavy (non-hydrogen) atoms. The number of pyridine rings is 1. The van der Waals surface area contributed by atoms with Gasteiger partial charge in [0.15, 0.2) is 0 Å². The van der Waals surface area contributed by atoms with Gasteiger partial charge in [-0.15, -0.1) is 6.58 Å². The molecule has 1 rings (SSSR count). The number of aryl methyl sites for hydroxylation is 2. The minimum atomic E-state index is -0.930. The Labute approximate surface area is 108 Å². The lowest BCUT2D eigenvalue weighted by molar-refractivity contribution is 0.0696. The Morgan fingerprint density at radius 2 is 2.22 bits per heavy atom. The molecule has 4 heteroatoms. The van der Waals surface area contributed by atoms with E-state index >= 15 is 0 Å². The van der Waals surface area contributed by atoms with Crippen molar-refractivity contribution in [3.63, 3.8) is 0 Å². The van der Waals surface area contributed by atoms with Crippen molar-refractivity contribution < 1.29 is 9.90 Å². The summed E-state index contributed by atoms with van der Waals surface area (Å²) in [6.45, 7) is 10.8. The molecule has 0 saturated carbocycles. The van der Waals surface area contributed by atoms with E-state index in [9.17, 15) is 9.90 Å². The second-order valence-corrected chi connectivity index (χ2v) is 4.28. The van der Waals surface area contributed by atoms with Gasteiger partial charge in [-0.05, 0) is 26.3 Å². The highest BCUT2D eigenvalue weighted by molar-refractivity contribution is 5.95. The van der Waals surface area contributed by atoms with E-state index in [4.69, 9.17) is 0 Å². The summed E-state index contributed by atoms with van der Waals surface area (Å²) in [5, 5.41) is 9.33. The lowest BCUT2D eigenvalue weighted by Gasteiger charge is -2.25. The topological polar surface area (TPSA) is 53.4 Å². The number of hydrogen-bond acceptors (Lipinski definition) is 3. The quantitative estimate of drug-likeness (QED) is 0.786. The number of aromatic nitrogens is 1. The molecule has 98 valence electrons. The van der Waals surface area contributed by atoms with Crippen molar-refractivity contribution in [1.29, 1.82) is 0 Å². The highest BCUT2D eigenvalue weighted by atomic mass is 16.4. The molecule has 0 bridgehead atoms. The van der Waals surface area contributed by atoms with Crippen LogP contribution in [0.5, 0.6) is 0 Å². The second kappa shape index (κ2) is 6.19. The van der Waals surface area contributed by atoms with E-state index < -0.39 is 5.97 Å². The maximum absolute atomic E-state index is 11.4. The van der Waals surface area contributed by atoms with Crippen LogP contribution in [0.15, 0.2) is 18.7 Å². The van der Waals surface area contributed by atoms with Crippen LogP contribution in [0.4, 0.5) is 5.69 Å². The van der Waals surface area contributed by atoms with Crippen molar-refractivity contribution in [3.05, 3.63) is 35.7 Å². The van der Waals surface area contributed by atoms with E-state index in [1.807, 2.05) is 17.9 Å². The van der Waals surface area contributed by atoms with E-state index in [1.54, 1.807) is 13.0 Å². The Bertz CT molecular complexity index is 455. The van der Waals surface area contributed by atoms with E-state index in [1.165, 1.54) is 0 Å². The lowest BCUT2D eigenvalue weighted by atomic mass is 10.1. The molecule has 1 aromatic heterocycles. The summed E-state index contributed by atoms with van der Waals surface area (Å²) in [7, 11) is 0. The zero-order valence-electron chi connectivity index (χ0n) is 11.2. The predicted octanol–water partition coefficient (Wildman–Crippen LogP) is 2.80. The fourth-order valence-corrected chi connectivity index (χ4v) is 2.06. The number of anilines is 1. The van der Waals surface area contributed by atoms with Crippen LogP contribution in [0.3, 0.4) is 0 Å². The van der Waals surface area contributed by atoms with Crippen LogP contribution in [0.1, 0.15) is 35.1 Å². The lowest BCUT2D eigenvalue weighted by Crippen LogP contribution is -2.27. The van der Waals surface area contributed by atoms with E-state index in [-0.39, 0.29) is 5.56 Å². The van der Waals surface area contributed by atoms with Crippen LogP contribution in [0.2, 0.25) is 0 Å². The van der Waals surface area contributed by atoms with Crippen molar-refractivity contribution in [2.24, 2.45) is 0 Å². The summed E-state index contributed by atoms with van der Waals surface area (Å²) in [4.78, 5) is 17.6. The largest absolute Gasteiger partial charge is 0.478 e. The van der Waals surface area contributed by atoms with Gasteiger partial charge in [0.1, 0.15) is 5.56 Å². The average molecular weight is 248 g/mol. The third-order valence-corrected chi connectivity index (χ3v) is 2.71. The number of hydrogen-bond donors (Lipinski definition) is 1. The van der Waals surface area contributed by atoms with E-state index in [0.717, 1.165) is 24.3 Å². The van der Waals surface area contributed by atoms with Gasteiger partial charge in [0, 0.05) is 18.8 Å². The Balaban J connectivity index is 3.34.